The smallest absolute Gasteiger partial charge is 0.0207 e. The highest BCUT2D eigenvalue weighted by Gasteiger charge is 2.23. The molecule has 0 heterocycles. The average molecular weight is 150 g/mol. The second-order valence-corrected chi connectivity index (χ2v) is 4.29. The topological polar surface area (TPSA) is 0 Å². The lowest BCUT2D eigenvalue weighted by Crippen LogP contribution is -2.18. The molecule has 2 bridgehead atoms. The molecule has 0 radical (unpaired) electrons. The van der Waals surface area contributed by atoms with Crippen LogP contribution in [0.4, 0.5) is 0 Å². The summed E-state index contributed by atoms with van der Waals surface area (Å²) in [5, 5.41) is 0. The molecule has 0 aromatic carbocycles. The molecular weight excluding hydrogens is 132 g/mol. The minimum absolute atomic E-state index is 0.923. The second kappa shape index (κ2) is 3.00. The van der Waals surface area contributed by atoms with Crippen molar-refractivity contribution in [2.45, 2.75) is 39.0 Å². The molecule has 1 fully saturated rings. The van der Waals surface area contributed by atoms with Gasteiger partial charge in [-0.2, -0.15) is 0 Å². The van der Waals surface area contributed by atoms with Gasteiger partial charge in [0.05, 0.1) is 0 Å². The molecule has 0 nitrogen and oxygen atoms in total. The van der Waals surface area contributed by atoms with E-state index in [1.54, 1.807) is 0 Å². The van der Waals surface area contributed by atoms with Gasteiger partial charge >= 0.3 is 0 Å². The minimum atomic E-state index is 0.923. The lowest BCUT2D eigenvalue weighted by Gasteiger charge is -2.31. The number of allylic oxidation sites excluding steroid dienone is 2. The predicted octanol–water partition coefficient (Wildman–Crippen LogP) is 3.39. The Morgan fingerprint density at radius 3 is 2.64 bits per heavy atom. The van der Waals surface area contributed by atoms with Crippen LogP contribution in [0.2, 0.25) is 0 Å². The molecule has 11 heavy (non-hydrogen) atoms. The summed E-state index contributed by atoms with van der Waals surface area (Å²) in [6.07, 6.45) is 12.3. The van der Waals surface area contributed by atoms with Gasteiger partial charge in [0.15, 0.2) is 0 Å². The fraction of sp³-hybridized carbons (Fsp3) is 0.818. The van der Waals surface area contributed by atoms with Gasteiger partial charge < -0.3 is 0 Å². The van der Waals surface area contributed by atoms with Gasteiger partial charge in [0, 0.05) is 0 Å². The Hall–Kier alpha value is -0.260. The van der Waals surface area contributed by atoms with E-state index in [9.17, 15) is 0 Å². The molecule has 0 spiro atoms. The Morgan fingerprint density at radius 1 is 1.00 bits per heavy atom. The first-order valence-corrected chi connectivity index (χ1v) is 5.04. The molecule has 3 unspecified atom stereocenters. The summed E-state index contributed by atoms with van der Waals surface area (Å²) in [4.78, 5) is 0. The van der Waals surface area contributed by atoms with Crippen molar-refractivity contribution < 1.29 is 0 Å². The van der Waals surface area contributed by atoms with E-state index in [0.29, 0.717) is 0 Å². The maximum Gasteiger partial charge on any atom is -0.0207 e. The van der Waals surface area contributed by atoms with E-state index in [1.807, 2.05) is 0 Å². The average Bonchev–Trinajstić information content (AvgIpc) is 2.01. The highest BCUT2D eigenvalue weighted by molar-refractivity contribution is 5.00. The summed E-state index contributed by atoms with van der Waals surface area (Å²) in [6.45, 7) is 2.42. The Kier molecular flexibility index (Phi) is 2.02. The summed E-state index contributed by atoms with van der Waals surface area (Å²) >= 11 is 0. The van der Waals surface area contributed by atoms with Crippen LogP contribution < -0.4 is 0 Å². The molecule has 1 saturated carbocycles. The van der Waals surface area contributed by atoms with E-state index in [4.69, 9.17) is 0 Å². The van der Waals surface area contributed by atoms with Crippen molar-refractivity contribution in [1.29, 1.82) is 0 Å². The maximum atomic E-state index is 2.48. The summed E-state index contributed by atoms with van der Waals surface area (Å²) in [5.41, 5.74) is 0. The van der Waals surface area contributed by atoms with Crippen molar-refractivity contribution in [2.75, 3.05) is 0 Å². The molecule has 3 atom stereocenters. The van der Waals surface area contributed by atoms with Crippen LogP contribution in [0.3, 0.4) is 0 Å². The van der Waals surface area contributed by atoms with Gasteiger partial charge in [-0.1, -0.05) is 31.9 Å². The number of hydrogen-bond donors (Lipinski definition) is 0. The Balaban J connectivity index is 2.12. The zero-order valence-electron chi connectivity index (χ0n) is 7.42. The van der Waals surface area contributed by atoms with Gasteiger partial charge in [0.1, 0.15) is 0 Å². The molecule has 0 aliphatic heterocycles. The standard InChI is InChI=1S/C11H18/c1-9-3-2-4-10-5-7-11(9)8-6-10/h5,7,9-11H,2-4,6,8H2,1H3. The van der Waals surface area contributed by atoms with E-state index in [-0.39, 0.29) is 0 Å². The predicted molar refractivity (Wildman–Crippen MR) is 48.4 cm³/mol. The van der Waals surface area contributed by atoms with Crippen molar-refractivity contribution in [2.24, 2.45) is 17.8 Å². The Morgan fingerprint density at radius 2 is 1.91 bits per heavy atom. The molecule has 3 aliphatic rings. The van der Waals surface area contributed by atoms with Gasteiger partial charge in [0.2, 0.25) is 0 Å². The van der Waals surface area contributed by atoms with Crippen LogP contribution in [0.15, 0.2) is 12.2 Å². The SMILES string of the molecule is CC1CCCC2C=CC1CC2. The number of rotatable bonds is 0. The Labute approximate surface area is 69.7 Å². The van der Waals surface area contributed by atoms with Crippen molar-refractivity contribution >= 4 is 0 Å². The lowest BCUT2D eigenvalue weighted by molar-refractivity contribution is 0.285. The first kappa shape index (κ1) is 7.39. The van der Waals surface area contributed by atoms with E-state index in [0.717, 1.165) is 17.8 Å². The Bertz CT molecular complexity index is 157. The molecule has 3 aliphatic carbocycles. The van der Waals surface area contributed by atoms with Gasteiger partial charge in [0.25, 0.3) is 0 Å². The molecular formula is C11H18. The summed E-state index contributed by atoms with van der Waals surface area (Å²) in [5.74, 6) is 2.82. The van der Waals surface area contributed by atoms with Crippen LogP contribution in [0, 0.1) is 17.8 Å². The number of fused-ring (bicyclic) bond motifs is 4. The normalized spacial score (nSPS) is 43.5. The quantitative estimate of drug-likeness (QED) is 0.464. The van der Waals surface area contributed by atoms with Crippen LogP contribution in [0.25, 0.3) is 0 Å². The lowest BCUT2D eigenvalue weighted by atomic mass is 9.75. The van der Waals surface area contributed by atoms with E-state index in [1.165, 1.54) is 32.1 Å². The van der Waals surface area contributed by atoms with Gasteiger partial charge in [-0.05, 0) is 37.0 Å². The van der Waals surface area contributed by atoms with Crippen molar-refractivity contribution in [3.05, 3.63) is 12.2 Å². The molecule has 0 amide bonds. The highest BCUT2D eigenvalue weighted by atomic mass is 14.3. The molecule has 0 aromatic heterocycles. The third kappa shape index (κ3) is 1.50. The van der Waals surface area contributed by atoms with Crippen LogP contribution in [-0.2, 0) is 0 Å². The zero-order valence-corrected chi connectivity index (χ0v) is 7.42. The van der Waals surface area contributed by atoms with Crippen LogP contribution in [-0.4, -0.2) is 0 Å². The summed E-state index contributed by atoms with van der Waals surface area (Å²) in [7, 11) is 0. The van der Waals surface area contributed by atoms with Crippen molar-refractivity contribution in [1.82, 2.24) is 0 Å². The van der Waals surface area contributed by atoms with Crippen molar-refractivity contribution in [3.63, 3.8) is 0 Å². The molecule has 3 rings (SSSR count). The molecule has 0 heteroatoms. The van der Waals surface area contributed by atoms with E-state index < -0.39 is 0 Å². The third-order valence-corrected chi connectivity index (χ3v) is 3.47. The number of hydrogen-bond acceptors (Lipinski definition) is 0. The van der Waals surface area contributed by atoms with Crippen LogP contribution in [0.1, 0.15) is 39.0 Å². The van der Waals surface area contributed by atoms with Gasteiger partial charge in [-0.25, -0.2) is 0 Å². The van der Waals surface area contributed by atoms with Crippen LogP contribution in [0.5, 0.6) is 0 Å². The fourth-order valence-electron chi connectivity index (χ4n) is 2.53. The van der Waals surface area contributed by atoms with Gasteiger partial charge in [-0.15, -0.1) is 0 Å². The van der Waals surface area contributed by atoms with E-state index in [2.05, 4.69) is 19.1 Å². The third-order valence-electron chi connectivity index (χ3n) is 3.47. The first-order valence-electron chi connectivity index (χ1n) is 5.04. The highest BCUT2D eigenvalue weighted by Crippen LogP contribution is 2.35. The monoisotopic (exact) mass is 150 g/mol. The van der Waals surface area contributed by atoms with Crippen LogP contribution >= 0.6 is 0 Å². The fourth-order valence-corrected chi connectivity index (χ4v) is 2.53. The summed E-state index contributed by atoms with van der Waals surface area (Å²) < 4.78 is 0. The minimum Gasteiger partial charge on any atom is -0.0851 e. The van der Waals surface area contributed by atoms with E-state index >= 15 is 0 Å². The molecule has 0 N–H and O–H groups in total. The maximum absolute atomic E-state index is 2.48. The first-order chi connectivity index (χ1) is 5.36. The zero-order chi connectivity index (χ0) is 7.68. The molecule has 0 aromatic rings. The molecule has 62 valence electrons. The summed E-state index contributed by atoms with van der Waals surface area (Å²) in [6, 6.07) is 0. The van der Waals surface area contributed by atoms with Crippen molar-refractivity contribution in [3.8, 4) is 0 Å². The second-order valence-electron chi connectivity index (χ2n) is 4.29. The van der Waals surface area contributed by atoms with Gasteiger partial charge in [-0.3, -0.25) is 0 Å². The largest absolute Gasteiger partial charge is 0.0851 e. The molecule has 0 saturated heterocycles.